The number of carbonyl (C=O) groups excluding carboxylic acids is 1. The summed E-state index contributed by atoms with van der Waals surface area (Å²) in [4.78, 5) is 11.8. The second-order valence-corrected chi connectivity index (χ2v) is 5.85. The number of carbonyl (C=O) groups is 1. The number of hydrogen-bond donors (Lipinski definition) is 1. The zero-order chi connectivity index (χ0) is 12.1. The molecule has 0 saturated heterocycles. The zero-order valence-corrected chi connectivity index (χ0v) is 11.7. The van der Waals surface area contributed by atoms with E-state index in [0.717, 1.165) is 10.0 Å². The summed E-state index contributed by atoms with van der Waals surface area (Å²) in [5.41, 5.74) is 1.56. The van der Waals surface area contributed by atoms with Gasteiger partial charge in [0.1, 0.15) is 0 Å². The van der Waals surface area contributed by atoms with Crippen molar-refractivity contribution in [3.05, 3.63) is 33.8 Å². The van der Waals surface area contributed by atoms with E-state index in [-0.39, 0.29) is 5.91 Å². The Bertz CT molecular complexity index is 420. The van der Waals surface area contributed by atoms with E-state index in [1.807, 2.05) is 19.1 Å². The molecule has 3 nitrogen and oxygen atoms in total. The van der Waals surface area contributed by atoms with E-state index in [0.29, 0.717) is 17.9 Å². The Morgan fingerprint density at radius 1 is 1.50 bits per heavy atom. The van der Waals surface area contributed by atoms with E-state index in [1.54, 1.807) is 12.3 Å². The Balaban J connectivity index is 2.66. The van der Waals surface area contributed by atoms with Crippen LogP contribution in [0.15, 0.2) is 22.7 Å². The van der Waals surface area contributed by atoms with Gasteiger partial charge in [0.2, 0.25) is 0 Å². The molecule has 0 bridgehead atoms. The fourth-order valence-electron chi connectivity index (χ4n) is 1.26. The third-order valence-corrected chi connectivity index (χ3v) is 3.83. The number of amides is 1. The highest BCUT2D eigenvalue weighted by Crippen LogP contribution is 2.19. The Kier molecular flexibility index (Phi) is 5.15. The summed E-state index contributed by atoms with van der Waals surface area (Å²) >= 11 is 3.38. The maximum Gasteiger partial charge on any atom is 0.251 e. The van der Waals surface area contributed by atoms with Crippen molar-refractivity contribution in [3.8, 4) is 0 Å². The smallest absolute Gasteiger partial charge is 0.251 e. The lowest BCUT2D eigenvalue weighted by atomic mass is 10.1. The fourth-order valence-corrected chi connectivity index (χ4v) is 2.01. The summed E-state index contributed by atoms with van der Waals surface area (Å²) in [6, 6.07) is 5.50. The van der Waals surface area contributed by atoms with E-state index in [4.69, 9.17) is 0 Å². The van der Waals surface area contributed by atoms with Crippen molar-refractivity contribution in [1.29, 1.82) is 0 Å². The van der Waals surface area contributed by atoms with Gasteiger partial charge in [-0.15, -0.1) is 0 Å². The van der Waals surface area contributed by atoms with Crippen LogP contribution in [0, 0.1) is 6.92 Å². The van der Waals surface area contributed by atoms with Crippen molar-refractivity contribution >= 4 is 32.6 Å². The number of nitrogens with one attached hydrogen (secondary N) is 1. The minimum Gasteiger partial charge on any atom is -0.351 e. The molecule has 1 atom stereocenters. The van der Waals surface area contributed by atoms with Gasteiger partial charge in [0.05, 0.1) is 0 Å². The number of benzene rings is 1. The predicted molar refractivity (Wildman–Crippen MR) is 70.1 cm³/mol. The molecule has 0 fully saturated rings. The first kappa shape index (κ1) is 13.4. The van der Waals surface area contributed by atoms with Gasteiger partial charge in [0, 0.05) is 39.4 Å². The maximum atomic E-state index is 11.8. The highest BCUT2D eigenvalue weighted by atomic mass is 79.9. The summed E-state index contributed by atoms with van der Waals surface area (Å²) in [6.45, 7) is 2.32. The number of hydrogen-bond acceptors (Lipinski definition) is 2. The molecule has 88 valence electrons. The quantitative estimate of drug-likeness (QED) is 0.923. The lowest BCUT2D eigenvalue weighted by molar-refractivity contribution is 0.0955. The van der Waals surface area contributed by atoms with Crippen LogP contribution in [0.4, 0.5) is 0 Å². The molecular formula is C11H14BrNO2S. The molecule has 0 saturated carbocycles. The Morgan fingerprint density at radius 3 is 2.81 bits per heavy atom. The summed E-state index contributed by atoms with van der Waals surface area (Å²) in [7, 11) is -0.872. The fraction of sp³-hybridized carbons (Fsp3) is 0.364. The van der Waals surface area contributed by atoms with Crippen LogP contribution in [0.5, 0.6) is 0 Å². The molecule has 5 heteroatoms. The molecule has 1 unspecified atom stereocenters. The largest absolute Gasteiger partial charge is 0.351 e. The summed E-state index contributed by atoms with van der Waals surface area (Å²) < 4.78 is 11.8. The standard InChI is InChI=1S/C11H14BrNO2S/c1-8-9(4-3-5-10(8)12)11(14)13-6-7-16(2)15/h3-5H,6-7H2,1-2H3,(H,13,14). The third-order valence-electron chi connectivity index (χ3n) is 2.19. The van der Waals surface area contributed by atoms with Crippen LogP contribution in [0.25, 0.3) is 0 Å². The first-order chi connectivity index (χ1) is 7.52. The molecule has 1 N–H and O–H groups in total. The zero-order valence-electron chi connectivity index (χ0n) is 9.25. The summed E-state index contributed by atoms with van der Waals surface area (Å²) in [5.74, 6) is 0.364. The lowest BCUT2D eigenvalue weighted by Crippen LogP contribution is -2.28. The van der Waals surface area contributed by atoms with Gasteiger partial charge < -0.3 is 5.32 Å². The lowest BCUT2D eigenvalue weighted by Gasteiger charge is -2.08. The molecule has 16 heavy (non-hydrogen) atoms. The van der Waals surface area contributed by atoms with Gasteiger partial charge >= 0.3 is 0 Å². The number of rotatable bonds is 4. The van der Waals surface area contributed by atoms with Crippen LogP contribution in [0.3, 0.4) is 0 Å². The van der Waals surface area contributed by atoms with Gasteiger partial charge in [-0.3, -0.25) is 9.00 Å². The second kappa shape index (κ2) is 6.15. The first-order valence-electron chi connectivity index (χ1n) is 4.85. The van der Waals surface area contributed by atoms with Gasteiger partial charge in [-0.2, -0.15) is 0 Å². The molecule has 0 heterocycles. The molecule has 0 aliphatic carbocycles. The molecule has 0 aliphatic heterocycles. The molecule has 0 aliphatic rings. The van der Waals surface area contributed by atoms with E-state index >= 15 is 0 Å². The molecule has 1 aromatic rings. The van der Waals surface area contributed by atoms with E-state index < -0.39 is 10.8 Å². The molecule has 1 aromatic carbocycles. The summed E-state index contributed by atoms with van der Waals surface area (Å²) in [5, 5.41) is 2.75. The highest BCUT2D eigenvalue weighted by Gasteiger charge is 2.09. The average Bonchev–Trinajstić information content (AvgIpc) is 2.21. The molecule has 1 amide bonds. The van der Waals surface area contributed by atoms with Gasteiger partial charge in [-0.1, -0.05) is 22.0 Å². The average molecular weight is 304 g/mol. The first-order valence-corrected chi connectivity index (χ1v) is 7.37. The minimum atomic E-state index is -0.872. The van der Waals surface area contributed by atoms with E-state index in [2.05, 4.69) is 21.2 Å². The van der Waals surface area contributed by atoms with Crippen molar-refractivity contribution in [3.63, 3.8) is 0 Å². The minimum absolute atomic E-state index is 0.121. The van der Waals surface area contributed by atoms with Crippen LogP contribution in [0.1, 0.15) is 15.9 Å². The maximum absolute atomic E-state index is 11.8. The SMILES string of the molecule is Cc1c(Br)cccc1C(=O)NCCS(C)=O. The highest BCUT2D eigenvalue weighted by molar-refractivity contribution is 9.10. The van der Waals surface area contributed by atoms with Crippen LogP contribution in [-0.2, 0) is 10.8 Å². The van der Waals surface area contributed by atoms with Crippen molar-refractivity contribution in [2.24, 2.45) is 0 Å². The van der Waals surface area contributed by atoms with Crippen LogP contribution >= 0.6 is 15.9 Å². The van der Waals surface area contributed by atoms with Crippen LogP contribution in [0.2, 0.25) is 0 Å². The van der Waals surface area contributed by atoms with E-state index in [9.17, 15) is 9.00 Å². The van der Waals surface area contributed by atoms with Crippen LogP contribution in [-0.4, -0.2) is 28.7 Å². The Labute approximate surface area is 106 Å². The third kappa shape index (κ3) is 3.72. The van der Waals surface area contributed by atoms with Crippen molar-refractivity contribution in [2.45, 2.75) is 6.92 Å². The molecule has 0 spiro atoms. The van der Waals surface area contributed by atoms with E-state index in [1.165, 1.54) is 0 Å². The summed E-state index contributed by atoms with van der Waals surface area (Å²) in [6.07, 6.45) is 1.62. The Hall–Kier alpha value is -0.680. The number of halogens is 1. The van der Waals surface area contributed by atoms with Crippen molar-refractivity contribution < 1.29 is 9.00 Å². The van der Waals surface area contributed by atoms with Gasteiger partial charge in [-0.05, 0) is 24.6 Å². The molecular weight excluding hydrogens is 290 g/mol. The Morgan fingerprint density at radius 2 is 2.19 bits per heavy atom. The topological polar surface area (TPSA) is 46.2 Å². The monoisotopic (exact) mass is 303 g/mol. The van der Waals surface area contributed by atoms with Gasteiger partial charge in [0.15, 0.2) is 0 Å². The van der Waals surface area contributed by atoms with Gasteiger partial charge in [-0.25, -0.2) is 0 Å². The normalized spacial score (nSPS) is 12.2. The van der Waals surface area contributed by atoms with Crippen molar-refractivity contribution in [1.82, 2.24) is 5.32 Å². The second-order valence-electron chi connectivity index (χ2n) is 3.45. The molecule has 0 aromatic heterocycles. The molecule has 1 rings (SSSR count). The van der Waals surface area contributed by atoms with Gasteiger partial charge in [0.25, 0.3) is 5.91 Å². The van der Waals surface area contributed by atoms with Crippen LogP contribution < -0.4 is 5.32 Å². The van der Waals surface area contributed by atoms with Crippen molar-refractivity contribution in [2.75, 3.05) is 18.6 Å². The molecule has 0 radical (unpaired) electrons. The predicted octanol–water partition coefficient (Wildman–Crippen LogP) is 1.87.